The lowest BCUT2D eigenvalue weighted by atomic mass is 9.84. The molecule has 47 heavy (non-hydrogen) atoms. The van der Waals surface area contributed by atoms with E-state index in [4.69, 9.17) is 10.5 Å². The predicted molar refractivity (Wildman–Crippen MR) is 187 cm³/mol. The largest absolute Gasteiger partial charge is 0.453 e. The molecule has 4 rings (SSSR count). The van der Waals surface area contributed by atoms with Gasteiger partial charge in [-0.3, -0.25) is 4.79 Å². The molecule has 4 aromatic carbocycles. The molecule has 0 radical (unpaired) electrons. The fourth-order valence-corrected chi connectivity index (χ4v) is 6.94. The number of amides is 2. The van der Waals surface area contributed by atoms with Crippen LogP contribution in [-0.2, 0) is 26.0 Å². The van der Waals surface area contributed by atoms with E-state index < -0.39 is 34.0 Å². The van der Waals surface area contributed by atoms with Crippen molar-refractivity contribution in [2.45, 2.75) is 50.0 Å². The van der Waals surface area contributed by atoms with Gasteiger partial charge in [0.2, 0.25) is 15.9 Å². The quantitative estimate of drug-likeness (QED) is 0.126. The fraction of sp³-hybridized carbons (Fsp3) is 0.297. The van der Waals surface area contributed by atoms with E-state index in [0.29, 0.717) is 43.2 Å². The molecule has 0 aliphatic heterocycles. The Kier molecular flexibility index (Phi) is 12.5. The van der Waals surface area contributed by atoms with Crippen molar-refractivity contribution in [1.82, 2.24) is 9.62 Å². The van der Waals surface area contributed by atoms with Gasteiger partial charge in [0.15, 0.2) is 0 Å². The molecular weight excluding hydrogens is 612 g/mol. The van der Waals surface area contributed by atoms with Crippen molar-refractivity contribution in [3.8, 4) is 0 Å². The molecule has 0 saturated carbocycles. The summed E-state index contributed by atoms with van der Waals surface area (Å²) in [5, 5.41) is 5.81. The highest BCUT2D eigenvalue weighted by Crippen LogP contribution is 2.30. The van der Waals surface area contributed by atoms with Gasteiger partial charge < -0.3 is 21.1 Å². The average molecular weight is 657 g/mol. The van der Waals surface area contributed by atoms with Crippen LogP contribution < -0.4 is 16.4 Å². The number of nitrogens with zero attached hydrogens (tertiary/aromatic N) is 1. The fourth-order valence-electron chi connectivity index (χ4n) is 5.44. The Balaban J connectivity index is 1.56. The summed E-state index contributed by atoms with van der Waals surface area (Å²) >= 11 is 0. The normalized spacial score (nSPS) is 12.2. The number of aryl methyl sites for hydroxylation is 1. The summed E-state index contributed by atoms with van der Waals surface area (Å²) in [4.78, 5) is 26.8. The molecule has 0 unspecified atom stereocenters. The zero-order valence-electron chi connectivity index (χ0n) is 27.1. The summed E-state index contributed by atoms with van der Waals surface area (Å²) in [5.74, 6) is -0.584. The first-order valence-electron chi connectivity index (χ1n) is 15.8. The Bertz CT molecular complexity index is 1660. The molecule has 0 bridgehead atoms. The van der Waals surface area contributed by atoms with Crippen LogP contribution in [0.3, 0.4) is 0 Å². The van der Waals surface area contributed by atoms with E-state index in [-0.39, 0.29) is 4.90 Å². The molecule has 0 aliphatic carbocycles. The second-order valence-corrected chi connectivity index (χ2v) is 13.8. The molecule has 248 valence electrons. The molecule has 0 heterocycles. The summed E-state index contributed by atoms with van der Waals surface area (Å²) in [7, 11) is -2.47. The van der Waals surface area contributed by atoms with Crippen LogP contribution in [0.1, 0.15) is 49.3 Å². The number of benzene rings is 4. The molecule has 4 N–H and O–H groups in total. The zero-order valence-corrected chi connectivity index (χ0v) is 28.0. The first-order chi connectivity index (χ1) is 22.6. The standard InChI is InChI=1S/C37H44N4O5S/c1-27(2)24-26-41(47(44,45)32-22-20-31(38)21-23-32)25-12-18-28-13-10-11-19-33(28)39-36(42)35(40-37(43)46-3)34(29-14-6-4-7-15-29)30-16-8-5-9-17-30/h4-11,13-17,19-23,27,34-35H,12,18,24-26,38H2,1-3H3,(H,39,42)(H,40,43)/t35-/m0/s1. The van der Waals surface area contributed by atoms with Crippen LogP contribution in [0.4, 0.5) is 16.2 Å². The summed E-state index contributed by atoms with van der Waals surface area (Å²) < 4.78 is 33.6. The number of carbonyl (C=O) groups is 2. The Labute approximate surface area is 278 Å². The average Bonchev–Trinajstić information content (AvgIpc) is 3.07. The van der Waals surface area contributed by atoms with Gasteiger partial charge in [0, 0.05) is 30.4 Å². The summed E-state index contributed by atoms with van der Waals surface area (Å²) in [6.45, 7) is 4.83. The molecule has 10 heteroatoms. The Hall–Kier alpha value is -4.67. The Morgan fingerprint density at radius 1 is 0.809 bits per heavy atom. The van der Waals surface area contributed by atoms with Gasteiger partial charge in [-0.05, 0) is 72.2 Å². The number of hydrogen-bond acceptors (Lipinski definition) is 6. The van der Waals surface area contributed by atoms with Crippen LogP contribution in [0, 0.1) is 5.92 Å². The highest BCUT2D eigenvalue weighted by atomic mass is 32.2. The number of anilines is 2. The molecule has 0 spiro atoms. The maximum Gasteiger partial charge on any atom is 0.407 e. The van der Waals surface area contributed by atoms with E-state index in [9.17, 15) is 18.0 Å². The van der Waals surface area contributed by atoms with Crippen LogP contribution in [0.2, 0.25) is 0 Å². The first kappa shape index (κ1) is 35.2. The minimum atomic E-state index is -3.73. The number of ether oxygens (including phenoxy) is 1. The number of rotatable bonds is 15. The third-order valence-corrected chi connectivity index (χ3v) is 9.91. The zero-order chi connectivity index (χ0) is 33.8. The topological polar surface area (TPSA) is 131 Å². The van der Waals surface area contributed by atoms with Gasteiger partial charge in [-0.1, -0.05) is 92.7 Å². The minimum Gasteiger partial charge on any atom is -0.453 e. The third-order valence-electron chi connectivity index (χ3n) is 7.99. The monoisotopic (exact) mass is 656 g/mol. The maximum atomic E-state index is 14.1. The van der Waals surface area contributed by atoms with Gasteiger partial charge in [-0.15, -0.1) is 0 Å². The second kappa shape index (κ2) is 16.8. The molecule has 0 aliphatic rings. The molecule has 0 saturated heterocycles. The number of carbonyl (C=O) groups excluding carboxylic acids is 2. The SMILES string of the molecule is COC(=O)N[C@H](C(=O)Nc1ccccc1CCCN(CCC(C)C)S(=O)(=O)c1ccc(N)cc1)C(c1ccccc1)c1ccccc1. The molecule has 0 fully saturated rings. The highest BCUT2D eigenvalue weighted by molar-refractivity contribution is 7.89. The molecule has 4 aromatic rings. The van der Waals surface area contributed by atoms with Crippen LogP contribution in [0.5, 0.6) is 0 Å². The summed E-state index contributed by atoms with van der Waals surface area (Å²) in [6, 6.07) is 31.8. The van der Waals surface area contributed by atoms with Crippen molar-refractivity contribution in [2.75, 3.05) is 31.2 Å². The number of nitrogen functional groups attached to an aromatic ring is 1. The van der Waals surface area contributed by atoms with E-state index in [2.05, 4.69) is 24.5 Å². The van der Waals surface area contributed by atoms with E-state index in [1.807, 2.05) is 84.9 Å². The van der Waals surface area contributed by atoms with Gasteiger partial charge in [0.1, 0.15) is 6.04 Å². The number of nitrogens with two attached hydrogens (primary N) is 1. The van der Waals surface area contributed by atoms with Crippen molar-refractivity contribution in [3.05, 3.63) is 126 Å². The maximum absolute atomic E-state index is 14.1. The van der Waals surface area contributed by atoms with Crippen LogP contribution in [0.15, 0.2) is 114 Å². The summed E-state index contributed by atoms with van der Waals surface area (Å²) in [5.41, 5.74) is 9.44. The predicted octanol–water partition coefficient (Wildman–Crippen LogP) is 6.43. The molecule has 9 nitrogen and oxygen atoms in total. The minimum absolute atomic E-state index is 0.207. The number of para-hydroxylation sites is 1. The number of hydrogen-bond donors (Lipinski definition) is 3. The third kappa shape index (κ3) is 9.67. The van der Waals surface area contributed by atoms with Crippen molar-refractivity contribution < 1.29 is 22.7 Å². The Morgan fingerprint density at radius 3 is 1.96 bits per heavy atom. The van der Waals surface area contributed by atoms with Crippen molar-refractivity contribution >= 4 is 33.4 Å². The molecule has 0 aromatic heterocycles. The van der Waals surface area contributed by atoms with Crippen molar-refractivity contribution in [2.24, 2.45) is 5.92 Å². The number of nitrogens with one attached hydrogen (secondary N) is 2. The van der Waals surface area contributed by atoms with E-state index in [1.165, 1.54) is 23.5 Å². The first-order valence-corrected chi connectivity index (χ1v) is 17.2. The summed E-state index contributed by atoms with van der Waals surface area (Å²) in [6.07, 6.45) is 1.04. The van der Waals surface area contributed by atoms with Crippen LogP contribution in [0.25, 0.3) is 0 Å². The van der Waals surface area contributed by atoms with E-state index in [1.54, 1.807) is 12.1 Å². The lowest BCUT2D eigenvalue weighted by Gasteiger charge is -2.28. The number of alkyl carbamates (subject to hydrolysis) is 1. The Morgan fingerprint density at radius 2 is 1.38 bits per heavy atom. The van der Waals surface area contributed by atoms with Gasteiger partial charge >= 0.3 is 6.09 Å². The smallest absolute Gasteiger partial charge is 0.407 e. The lowest BCUT2D eigenvalue weighted by molar-refractivity contribution is -0.118. The van der Waals surface area contributed by atoms with Crippen molar-refractivity contribution in [3.63, 3.8) is 0 Å². The van der Waals surface area contributed by atoms with Gasteiger partial charge in [0.25, 0.3) is 0 Å². The van der Waals surface area contributed by atoms with Gasteiger partial charge in [-0.2, -0.15) is 4.31 Å². The second-order valence-electron chi connectivity index (χ2n) is 11.8. The molecule has 1 atom stereocenters. The number of sulfonamides is 1. The molecule has 2 amide bonds. The van der Waals surface area contributed by atoms with Crippen molar-refractivity contribution in [1.29, 1.82) is 0 Å². The van der Waals surface area contributed by atoms with E-state index >= 15 is 0 Å². The molecular formula is C37H44N4O5S. The highest BCUT2D eigenvalue weighted by Gasteiger charge is 2.33. The van der Waals surface area contributed by atoms with Crippen LogP contribution in [-0.4, -0.2) is 51.0 Å². The lowest BCUT2D eigenvalue weighted by Crippen LogP contribution is -2.48. The van der Waals surface area contributed by atoms with Gasteiger partial charge in [-0.25, -0.2) is 13.2 Å². The number of methoxy groups -OCH3 is 1. The van der Waals surface area contributed by atoms with E-state index in [0.717, 1.165) is 23.1 Å². The van der Waals surface area contributed by atoms with Crippen LogP contribution >= 0.6 is 0 Å². The van der Waals surface area contributed by atoms with Gasteiger partial charge in [0.05, 0.1) is 12.0 Å².